The van der Waals surface area contributed by atoms with Crippen LogP contribution in [-0.2, 0) is 0 Å². The first-order valence-corrected chi connectivity index (χ1v) is 11.3. The number of pyridine rings is 1. The fraction of sp³-hybridized carbons (Fsp3) is 0.0312. The average molecular weight is 425 g/mol. The topological polar surface area (TPSA) is 3.88 Å². The van der Waals surface area contributed by atoms with Crippen LogP contribution < -0.4 is 4.57 Å². The van der Waals surface area contributed by atoms with Crippen molar-refractivity contribution in [2.24, 2.45) is 0 Å². The monoisotopic (exact) mass is 424 g/mol. The molecule has 1 nitrogen and oxygen atoms in total. The molecular formula is C32H26N+. The first-order chi connectivity index (χ1) is 16.3. The molecule has 4 aromatic carbocycles. The molecule has 33 heavy (non-hydrogen) atoms. The van der Waals surface area contributed by atoms with E-state index >= 15 is 0 Å². The van der Waals surface area contributed by atoms with Gasteiger partial charge in [0, 0.05) is 35.9 Å². The van der Waals surface area contributed by atoms with Crippen molar-refractivity contribution in [2.45, 2.75) is 6.92 Å². The lowest BCUT2D eigenvalue weighted by Crippen LogP contribution is -2.37. The maximum atomic E-state index is 2.35. The van der Waals surface area contributed by atoms with Crippen molar-refractivity contribution in [3.8, 4) is 28.1 Å². The predicted molar refractivity (Wildman–Crippen MR) is 139 cm³/mol. The van der Waals surface area contributed by atoms with E-state index in [1.54, 1.807) is 0 Å². The van der Waals surface area contributed by atoms with Gasteiger partial charge in [0.2, 0.25) is 17.1 Å². The zero-order valence-corrected chi connectivity index (χ0v) is 18.7. The molecule has 0 bridgehead atoms. The summed E-state index contributed by atoms with van der Waals surface area (Å²) in [6.07, 6.45) is 4.40. The van der Waals surface area contributed by atoms with Crippen LogP contribution in [0, 0.1) is 6.92 Å². The van der Waals surface area contributed by atoms with Gasteiger partial charge < -0.3 is 0 Å². The summed E-state index contributed by atoms with van der Waals surface area (Å²) in [6, 6.07) is 45.0. The summed E-state index contributed by atoms with van der Waals surface area (Å²) in [5.41, 5.74) is 9.46. The number of benzene rings is 4. The molecule has 1 heteroatoms. The Bertz CT molecular complexity index is 1370. The number of hydrogen-bond donors (Lipinski definition) is 0. The van der Waals surface area contributed by atoms with E-state index in [-0.39, 0.29) is 0 Å². The maximum Gasteiger partial charge on any atom is 0.219 e. The minimum Gasteiger partial charge on any atom is -0.153 e. The Morgan fingerprint density at radius 3 is 1.73 bits per heavy atom. The molecule has 0 saturated carbocycles. The van der Waals surface area contributed by atoms with Gasteiger partial charge in [0.15, 0.2) is 0 Å². The van der Waals surface area contributed by atoms with E-state index in [1.807, 2.05) is 6.07 Å². The molecule has 1 heterocycles. The highest BCUT2D eigenvalue weighted by molar-refractivity contribution is 5.74. The number of nitrogens with zero attached hydrogens (tertiary/aromatic N) is 1. The van der Waals surface area contributed by atoms with Gasteiger partial charge in [-0.3, -0.25) is 0 Å². The molecule has 0 unspecified atom stereocenters. The third-order valence-electron chi connectivity index (χ3n) is 5.81. The summed E-state index contributed by atoms with van der Waals surface area (Å²) in [4.78, 5) is 0. The minimum absolute atomic E-state index is 1.13. The van der Waals surface area contributed by atoms with Crippen LogP contribution in [0.2, 0.25) is 0 Å². The summed E-state index contributed by atoms with van der Waals surface area (Å²) in [6.45, 7) is 2.13. The molecule has 0 spiro atoms. The molecule has 0 saturated heterocycles. The fourth-order valence-electron chi connectivity index (χ4n) is 4.09. The Balaban J connectivity index is 1.78. The van der Waals surface area contributed by atoms with Crippen LogP contribution in [-0.4, -0.2) is 0 Å². The van der Waals surface area contributed by atoms with E-state index in [0.29, 0.717) is 0 Å². The fourth-order valence-corrected chi connectivity index (χ4v) is 4.09. The van der Waals surface area contributed by atoms with Crippen molar-refractivity contribution in [1.29, 1.82) is 0 Å². The van der Waals surface area contributed by atoms with Gasteiger partial charge in [-0.25, -0.2) is 0 Å². The van der Waals surface area contributed by atoms with Crippen LogP contribution in [0.4, 0.5) is 0 Å². The van der Waals surface area contributed by atoms with Crippen molar-refractivity contribution in [3.63, 3.8) is 0 Å². The van der Waals surface area contributed by atoms with Gasteiger partial charge >= 0.3 is 0 Å². The molecule has 1 aromatic heterocycles. The van der Waals surface area contributed by atoms with Crippen molar-refractivity contribution in [3.05, 3.63) is 144 Å². The molecule has 5 aromatic rings. The van der Waals surface area contributed by atoms with E-state index < -0.39 is 0 Å². The van der Waals surface area contributed by atoms with Crippen molar-refractivity contribution in [1.82, 2.24) is 0 Å². The first-order valence-electron chi connectivity index (χ1n) is 11.3. The standard InChI is InChI=1S/C32H26N/c1-25-17-20-30(21-18-25)33-31(22-19-26-11-5-2-6-12-26)23-29(27-13-7-3-8-14-27)24-32(33)28-15-9-4-10-16-28/h2-24H,1H3/q+1/b22-19+. The third-order valence-corrected chi connectivity index (χ3v) is 5.81. The Morgan fingerprint density at radius 1 is 0.515 bits per heavy atom. The lowest BCUT2D eigenvalue weighted by atomic mass is 10.0. The Kier molecular flexibility index (Phi) is 5.95. The molecule has 0 aliphatic carbocycles. The zero-order valence-electron chi connectivity index (χ0n) is 18.7. The number of aryl methyl sites for hydroxylation is 1. The normalized spacial score (nSPS) is 11.1. The molecule has 0 radical (unpaired) electrons. The van der Waals surface area contributed by atoms with Gasteiger partial charge in [-0.1, -0.05) is 96.6 Å². The number of hydrogen-bond acceptors (Lipinski definition) is 0. The van der Waals surface area contributed by atoms with Crippen molar-refractivity contribution >= 4 is 12.2 Å². The summed E-state index contributed by atoms with van der Waals surface area (Å²) in [5.74, 6) is 0. The van der Waals surface area contributed by atoms with Gasteiger partial charge in [0.25, 0.3) is 0 Å². The summed E-state index contributed by atoms with van der Waals surface area (Å²) in [7, 11) is 0. The second-order valence-electron chi connectivity index (χ2n) is 8.20. The molecule has 0 aliphatic rings. The molecule has 0 atom stereocenters. The zero-order chi connectivity index (χ0) is 22.5. The van der Waals surface area contributed by atoms with E-state index in [0.717, 1.165) is 17.1 Å². The van der Waals surface area contributed by atoms with E-state index in [4.69, 9.17) is 0 Å². The van der Waals surface area contributed by atoms with Gasteiger partial charge in [-0.2, -0.15) is 4.57 Å². The second kappa shape index (κ2) is 9.50. The molecule has 0 amide bonds. The second-order valence-corrected chi connectivity index (χ2v) is 8.20. The maximum absolute atomic E-state index is 2.35. The highest BCUT2D eigenvalue weighted by Crippen LogP contribution is 2.27. The van der Waals surface area contributed by atoms with Crippen LogP contribution in [0.1, 0.15) is 16.8 Å². The molecular weight excluding hydrogens is 398 g/mol. The highest BCUT2D eigenvalue weighted by atomic mass is 15.0. The Morgan fingerprint density at radius 2 is 1.09 bits per heavy atom. The third kappa shape index (κ3) is 4.68. The SMILES string of the molecule is Cc1ccc(-[n+]2c(/C=C/c3ccccc3)cc(-c3ccccc3)cc2-c2ccccc2)cc1. The van der Waals surface area contributed by atoms with E-state index in [2.05, 4.69) is 145 Å². The highest BCUT2D eigenvalue weighted by Gasteiger charge is 2.22. The van der Waals surface area contributed by atoms with Crippen molar-refractivity contribution < 1.29 is 4.57 Å². The molecule has 0 N–H and O–H groups in total. The number of rotatable bonds is 5. The van der Waals surface area contributed by atoms with Crippen LogP contribution >= 0.6 is 0 Å². The smallest absolute Gasteiger partial charge is 0.153 e. The number of aromatic nitrogens is 1. The quantitative estimate of drug-likeness (QED) is 0.254. The van der Waals surface area contributed by atoms with E-state index in [9.17, 15) is 0 Å². The summed E-state index contributed by atoms with van der Waals surface area (Å²) < 4.78 is 2.35. The van der Waals surface area contributed by atoms with Gasteiger partial charge in [-0.05, 0) is 41.8 Å². The van der Waals surface area contributed by atoms with Gasteiger partial charge in [0.1, 0.15) is 0 Å². The van der Waals surface area contributed by atoms with Gasteiger partial charge in [-0.15, -0.1) is 0 Å². The molecule has 0 aliphatic heterocycles. The van der Waals surface area contributed by atoms with Crippen molar-refractivity contribution in [2.75, 3.05) is 0 Å². The molecule has 5 rings (SSSR count). The van der Waals surface area contributed by atoms with Crippen LogP contribution in [0.3, 0.4) is 0 Å². The van der Waals surface area contributed by atoms with Crippen LogP contribution in [0.5, 0.6) is 0 Å². The largest absolute Gasteiger partial charge is 0.219 e. The molecule has 0 fully saturated rings. The minimum atomic E-state index is 1.13. The molecule has 158 valence electrons. The van der Waals surface area contributed by atoms with Crippen LogP contribution in [0.15, 0.2) is 127 Å². The summed E-state index contributed by atoms with van der Waals surface area (Å²) in [5, 5.41) is 0. The first kappa shape index (κ1) is 20.7. The lowest BCUT2D eigenvalue weighted by molar-refractivity contribution is -0.585. The Labute approximate surface area is 195 Å². The summed E-state index contributed by atoms with van der Waals surface area (Å²) >= 11 is 0. The Hall–Kier alpha value is -4.23. The van der Waals surface area contributed by atoms with Gasteiger partial charge in [0.05, 0.1) is 0 Å². The average Bonchev–Trinajstić information content (AvgIpc) is 2.89. The lowest BCUT2D eigenvalue weighted by Gasteiger charge is -2.11. The van der Waals surface area contributed by atoms with E-state index in [1.165, 1.54) is 27.8 Å². The van der Waals surface area contributed by atoms with Crippen LogP contribution in [0.25, 0.3) is 40.2 Å². The predicted octanol–water partition coefficient (Wildman–Crippen LogP) is 7.78.